The Morgan fingerprint density at radius 2 is 0.800 bits per heavy atom. The molecule has 0 aromatic rings. The van der Waals surface area contributed by atoms with Crippen molar-refractivity contribution >= 4 is 0 Å². The molecule has 0 heterocycles. The van der Waals surface area contributed by atoms with Crippen molar-refractivity contribution in [3.63, 3.8) is 0 Å². The summed E-state index contributed by atoms with van der Waals surface area (Å²) < 4.78 is 0. The Bertz CT molecular complexity index is 3.61. The van der Waals surface area contributed by atoms with Crippen LogP contribution in [0.1, 0.15) is 28.7 Å². The van der Waals surface area contributed by atoms with Crippen LogP contribution in [0.2, 0.25) is 0 Å². The molecule has 0 aliphatic carbocycles. The summed E-state index contributed by atoms with van der Waals surface area (Å²) in [7, 11) is 0. The monoisotopic (exact) mass is 151 g/mol. The third-order valence-electron chi connectivity index (χ3n) is 0. The summed E-state index contributed by atoms with van der Waals surface area (Å²) in [6, 6.07) is 0. The molecule has 0 aromatic heterocycles. The Morgan fingerprint density at radius 3 is 0.800 bits per heavy atom. The second-order valence-electron chi connectivity index (χ2n) is 0. The van der Waals surface area contributed by atoms with Crippen LogP contribution in [0.3, 0.4) is 0 Å². The predicted molar refractivity (Wildman–Crippen MR) is 24.8 cm³/mol. The molecule has 0 aromatic carbocycles. The molecule has 0 rings (SSSR count). The Kier molecular flexibility index (Phi) is 507. The summed E-state index contributed by atoms with van der Waals surface area (Å²) in [5, 5.41) is 0. The number of rotatable bonds is 0. The van der Waals surface area contributed by atoms with Gasteiger partial charge in [0.1, 0.15) is 0 Å². The quantitative estimate of drug-likeness (QED) is 0.498. The van der Waals surface area contributed by atoms with Crippen molar-refractivity contribution in [2.45, 2.75) is 28.7 Å². The first-order chi connectivity index (χ1) is 1.00. The van der Waals surface area contributed by atoms with Gasteiger partial charge < -0.3 is 0 Å². The van der Waals surface area contributed by atoms with Crippen LogP contribution in [-0.4, -0.2) is 0 Å². The largest absolute Gasteiger partial charge is 0.0776 e. The van der Waals surface area contributed by atoms with Gasteiger partial charge in [-0.3, -0.25) is 0 Å². The third-order valence-corrected chi connectivity index (χ3v) is 0. The van der Waals surface area contributed by atoms with E-state index in [-0.39, 0.29) is 47.6 Å². The standard InChI is InChI=1S/C2H6.2CH4.Y/c1-2;;;/h1-2H3;2*1H4;. The molecule has 0 spiro atoms. The maximum atomic E-state index is 2.00. The Labute approximate surface area is 61.2 Å². The SMILES string of the molecule is C.C.CC.[Y]. The molecule has 1 heteroatoms. The number of hydrogen-bond acceptors (Lipinski definition) is 0. The van der Waals surface area contributed by atoms with Crippen molar-refractivity contribution in [1.82, 2.24) is 0 Å². The molecule has 0 amide bonds. The van der Waals surface area contributed by atoms with Crippen LogP contribution in [0.25, 0.3) is 0 Å². The van der Waals surface area contributed by atoms with Crippen molar-refractivity contribution in [2.24, 2.45) is 0 Å². The molecule has 1 radical (unpaired) electrons. The minimum absolute atomic E-state index is 0. The summed E-state index contributed by atoms with van der Waals surface area (Å²) in [6.07, 6.45) is 0. The van der Waals surface area contributed by atoms with Crippen molar-refractivity contribution < 1.29 is 32.7 Å². The zero-order chi connectivity index (χ0) is 2.00. The summed E-state index contributed by atoms with van der Waals surface area (Å²) in [5.74, 6) is 0. The fourth-order valence-corrected chi connectivity index (χ4v) is 0. The normalized spacial score (nSPS) is 1.20. The predicted octanol–water partition coefficient (Wildman–Crippen LogP) is 2.30. The van der Waals surface area contributed by atoms with Crippen molar-refractivity contribution in [3.8, 4) is 0 Å². The summed E-state index contributed by atoms with van der Waals surface area (Å²) in [5.41, 5.74) is 0. The van der Waals surface area contributed by atoms with Gasteiger partial charge in [0.05, 0.1) is 0 Å². The molecule has 33 valence electrons. The molecule has 0 saturated heterocycles. The van der Waals surface area contributed by atoms with E-state index < -0.39 is 0 Å². The van der Waals surface area contributed by atoms with Crippen LogP contribution in [-0.2, 0) is 32.7 Å². The van der Waals surface area contributed by atoms with Gasteiger partial charge in [-0.15, -0.1) is 0 Å². The molecule has 0 aliphatic heterocycles. The maximum Gasteiger partial charge on any atom is 0 e. The first kappa shape index (κ1) is 35.9. The van der Waals surface area contributed by atoms with E-state index in [1.807, 2.05) is 13.8 Å². The minimum atomic E-state index is 0. The molecular formula is C4H14Y. The van der Waals surface area contributed by atoms with Gasteiger partial charge in [-0.25, -0.2) is 0 Å². The van der Waals surface area contributed by atoms with Gasteiger partial charge in [-0.2, -0.15) is 0 Å². The van der Waals surface area contributed by atoms with Crippen LogP contribution in [0.5, 0.6) is 0 Å². The topological polar surface area (TPSA) is 0 Å². The average Bonchev–Trinajstić information content (AvgIpc) is 1.00. The van der Waals surface area contributed by atoms with E-state index in [1.165, 1.54) is 0 Å². The Hall–Kier alpha value is 1.10. The van der Waals surface area contributed by atoms with Gasteiger partial charge in [-0.1, -0.05) is 28.7 Å². The summed E-state index contributed by atoms with van der Waals surface area (Å²) in [4.78, 5) is 0. The van der Waals surface area contributed by atoms with Gasteiger partial charge >= 0.3 is 0 Å². The molecule has 0 bridgehead atoms. The van der Waals surface area contributed by atoms with E-state index in [4.69, 9.17) is 0 Å². The van der Waals surface area contributed by atoms with Crippen molar-refractivity contribution in [3.05, 3.63) is 0 Å². The Balaban J connectivity index is -0.00000000167. The fourth-order valence-electron chi connectivity index (χ4n) is 0. The molecule has 0 atom stereocenters. The summed E-state index contributed by atoms with van der Waals surface area (Å²) in [6.45, 7) is 4.00. The van der Waals surface area contributed by atoms with Gasteiger partial charge in [0, 0.05) is 32.7 Å². The maximum absolute atomic E-state index is 2.00. The van der Waals surface area contributed by atoms with E-state index in [2.05, 4.69) is 0 Å². The zero-order valence-corrected chi connectivity index (χ0v) is 5.42. The van der Waals surface area contributed by atoms with Crippen LogP contribution in [0.15, 0.2) is 0 Å². The molecule has 0 N–H and O–H groups in total. The molecule has 5 heavy (non-hydrogen) atoms. The van der Waals surface area contributed by atoms with E-state index in [9.17, 15) is 0 Å². The number of hydrogen-bond donors (Lipinski definition) is 0. The van der Waals surface area contributed by atoms with E-state index in [0.717, 1.165) is 0 Å². The smallest absolute Gasteiger partial charge is 0 e. The third kappa shape index (κ3) is 40.4. The molecule has 0 fully saturated rings. The summed E-state index contributed by atoms with van der Waals surface area (Å²) >= 11 is 0. The molecule has 0 saturated carbocycles. The van der Waals surface area contributed by atoms with Gasteiger partial charge in [0.15, 0.2) is 0 Å². The van der Waals surface area contributed by atoms with Crippen LogP contribution < -0.4 is 0 Å². The zero-order valence-electron chi connectivity index (χ0n) is 2.58. The molecule has 0 aliphatic rings. The van der Waals surface area contributed by atoms with E-state index >= 15 is 0 Å². The molecule has 0 unspecified atom stereocenters. The van der Waals surface area contributed by atoms with Crippen molar-refractivity contribution in [2.75, 3.05) is 0 Å². The minimum Gasteiger partial charge on any atom is -0.0776 e. The first-order valence-corrected chi connectivity index (χ1v) is 1.00. The second kappa shape index (κ2) is 70.5. The first-order valence-electron chi connectivity index (χ1n) is 1.00. The Morgan fingerprint density at radius 1 is 0.800 bits per heavy atom. The van der Waals surface area contributed by atoms with Crippen molar-refractivity contribution in [1.29, 1.82) is 0 Å². The van der Waals surface area contributed by atoms with E-state index in [1.54, 1.807) is 0 Å². The van der Waals surface area contributed by atoms with Gasteiger partial charge in [-0.05, 0) is 0 Å². The average molecular weight is 151 g/mol. The fraction of sp³-hybridized carbons (Fsp3) is 1.00. The molecular weight excluding hydrogens is 137 g/mol. The van der Waals surface area contributed by atoms with Crippen LogP contribution >= 0.6 is 0 Å². The second-order valence-corrected chi connectivity index (χ2v) is 0. The van der Waals surface area contributed by atoms with Crippen LogP contribution in [0, 0.1) is 0 Å². The molecule has 0 nitrogen and oxygen atoms in total. The van der Waals surface area contributed by atoms with Crippen LogP contribution in [0.4, 0.5) is 0 Å². The van der Waals surface area contributed by atoms with E-state index in [0.29, 0.717) is 0 Å². The van der Waals surface area contributed by atoms with Gasteiger partial charge in [0.2, 0.25) is 0 Å². The van der Waals surface area contributed by atoms with Gasteiger partial charge in [0.25, 0.3) is 0 Å².